The van der Waals surface area contributed by atoms with Gasteiger partial charge in [-0.05, 0) is 68.0 Å². The summed E-state index contributed by atoms with van der Waals surface area (Å²) in [6.45, 7) is 2.88. The summed E-state index contributed by atoms with van der Waals surface area (Å²) in [6.07, 6.45) is 6.84. The lowest BCUT2D eigenvalue weighted by Gasteiger charge is -2.17. The van der Waals surface area contributed by atoms with Gasteiger partial charge in [-0.25, -0.2) is 19.3 Å². The van der Waals surface area contributed by atoms with E-state index in [1.165, 1.54) is 25.0 Å². The van der Waals surface area contributed by atoms with Crippen molar-refractivity contribution >= 4 is 5.82 Å². The van der Waals surface area contributed by atoms with Gasteiger partial charge in [0.25, 0.3) is 0 Å². The molecular weight excluding hydrogens is 473 g/mol. The second kappa shape index (κ2) is 11.1. The molecule has 0 saturated heterocycles. The van der Waals surface area contributed by atoms with Gasteiger partial charge in [0.1, 0.15) is 11.6 Å². The number of imidazole rings is 1. The van der Waals surface area contributed by atoms with Gasteiger partial charge >= 0.3 is 0 Å². The number of nitrogen functional groups attached to an aromatic ring is 1. The maximum Gasteiger partial charge on any atom is 0.166 e. The zero-order chi connectivity index (χ0) is 25.8. The fourth-order valence-corrected chi connectivity index (χ4v) is 4.64. The Morgan fingerprint density at radius 3 is 2.57 bits per heavy atom. The van der Waals surface area contributed by atoms with Crippen LogP contribution < -0.4 is 15.2 Å². The molecule has 0 spiro atoms. The number of rotatable bonds is 10. The molecule has 3 aliphatic rings. The Balaban J connectivity index is 1.30. The van der Waals surface area contributed by atoms with Gasteiger partial charge in [0.2, 0.25) is 0 Å². The zero-order valence-corrected chi connectivity index (χ0v) is 21.2. The summed E-state index contributed by atoms with van der Waals surface area (Å²) >= 11 is 0. The van der Waals surface area contributed by atoms with E-state index in [9.17, 15) is 4.39 Å². The van der Waals surface area contributed by atoms with Gasteiger partial charge in [-0.2, -0.15) is 0 Å². The molecule has 1 atom stereocenters. The van der Waals surface area contributed by atoms with Crippen LogP contribution in [-0.2, 0) is 24.3 Å². The van der Waals surface area contributed by atoms with E-state index in [2.05, 4.69) is 9.97 Å². The van der Waals surface area contributed by atoms with Crippen LogP contribution >= 0.6 is 0 Å². The minimum absolute atomic E-state index is 0.138. The monoisotopic (exact) mass is 505 g/mol. The number of nitrogens with two attached hydrogens (primary N) is 1. The van der Waals surface area contributed by atoms with Gasteiger partial charge in [-0.15, -0.1) is 0 Å². The first kappa shape index (κ1) is 25.0. The topological polar surface area (TPSA) is 97.3 Å². The van der Waals surface area contributed by atoms with E-state index in [1.807, 2.05) is 29.7 Å². The second-order valence-electron chi connectivity index (χ2n) is 9.53. The van der Waals surface area contributed by atoms with Crippen molar-refractivity contribution in [3.63, 3.8) is 0 Å². The quantitative estimate of drug-likeness (QED) is 0.323. The number of benzene rings is 2. The lowest BCUT2D eigenvalue weighted by molar-refractivity contribution is 0.0524. The van der Waals surface area contributed by atoms with Crippen LogP contribution in [0, 0.1) is 5.82 Å². The Hall–Kier alpha value is -3.72. The van der Waals surface area contributed by atoms with Crippen molar-refractivity contribution in [2.45, 2.75) is 64.4 Å². The third-order valence-corrected chi connectivity index (χ3v) is 6.63. The molecule has 9 heteroatoms. The van der Waals surface area contributed by atoms with Crippen molar-refractivity contribution in [1.29, 1.82) is 0 Å². The highest BCUT2D eigenvalue weighted by Crippen LogP contribution is 2.33. The third kappa shape index (κ3) is 5.99. The van der Waals surface area contributed by atoms with Crippen LogP contribution in [0.1, 0.15) is 49.6 Å². The Morgan fingerprint density at radius 1 is 1.05 bits per heavy atom. The molecule has 194 valence electrons. The van der Waals surface area contributed by atoms with E-state index in [0.29, 0.717) is 42.7 Å². The fourth-order valence-electron chi connectivity index (χ4n) is 4.64. The van der Waals surface area contributed by atoms with Crippen LogP contribution in [0.15, 0.2) is 48.8 Å². The lowest BCUT2D eigenvalue weighted by atomic mass is 10.2. The molecule has 1 aliphatic carbocycles. The van der Waals surface area contributed by atoms with Gasteiger partial charge in [0.15, 0.2) is 28.8 Å². The molecule has 2 aliphatic heterocycles. The molecule has 0 amide bonds. The molecule has 37 heavy (non-hydrogen) atoms. The number of methoxy groups -OCH3 is 1. The number of hydrogen-bond acceptors (Lipinski definition) is 7. The summed E-state index contributed by atoms with van der Waals surface area (Å²) in [7, 11) is 1.66. The number of aromatic nitrogens is 4. The van der Waals surface area contributed by atoms with Crippen LogP contribution in [-0.4, -0.2) is 38.8 Å². The number of fused-ring (bicyclic) bond motifs is 1. The maximum atomic E-state index is 13.1. The average Bonchev–Trinajstić information content (AvgIpc) is 3.56. The molecule has 1 unspecified atom stereocenters. The summed E-state index contributed by atoms with van der Waals surface area (Å²) in [6, 6.07) is 12.3. The Morgan fingerprint density at radius 2 is 1.81 bits per heavy atom. The van der Waals surface area contributed by atoms with E-state index < -0.39 is 0 Å². The third-order valence-electron chi connectivity index (χ3n) is 6.63. The number of anilines is 1. The van der Waals surface area contributed by atoms with E-state index in [4.69, 9.17) is 24.9 Å². The predicted octanol–water partition coefficient (Wildman–Crippen LogP) is 5.03. The summed E-state index contributed by atoms with van der Waals surface area (Å²) in [5.41, 5.74) is 8.65. The molecule has 2 N–H and O–H groups in total. The largest absolute Gasteiger partial charge is 0.493 e. The fraction of sp³-hybridized carbons (Fsp3) is 0.393. The molecule has 5 rings (SSSR count). The maximum absolute atomic E-state index is 13.1. The molecule has 2 aromatic rings. The highest BCUT2D eigenvalue weighted by Gasteiger charge is 2.22. The minimum Gasteiger partial charge on any atom is -0.493 e. The highest BCUT2D eigenvalue weighted by atomic mass is 19.1. The Kier molecular flexibility index (Phi) is 7.50. The van der Waals surface area contributed by atoms with Crippen LogP contribution in [0.25, 0.3) is 11.5 Å². The predicted molar refractivity (Wildman–Crippen MR) is 138 cm³/mol. The molecule has 0 bridgehead atoms. The van der Waals surface area contributed by atoms with Crippen molar-refractivity contribution < 1.29 is 18.6 Å². The smallest absolute Gasteiger partial charge is 0.166 e. The molecule has 1 saturated carbocycles. The van der Waals surface area contributed by atoms with Gasteiger partial charge < -0.3 is 24.5 Å². The molecule has 0 aromatic heterocycles. The van der Waals surface area contributed by atoms with Crippen molar-refractivity contribution in [3.8, 4) is 23.0 Å². The summed E-state index contributed by atoms with van der Waals surface area (Å²) in [5, 5.41) is 0. The van der Waals surface area contributed by atoms with Gasteiger partial charge in [-0.3, -0.25) is 0 Å². The van der Waals surface area contributed by atoms with E-state index >= 15 is 0 Å². The summed E-state index contributed by atoms with van der Waals surface area (Å²) in [4.78, 5) is 13.7. The standard InChI is InChI=1S/C28H32FN5O3/c1-18(36-16-19-7-10-21(29)11-8-19)13-25-32-26-27(30)31-17-34(28(26)33-25)15-20-9-12-23(35-2)24(14-20)37-22-5-3-4-6-22/h7-12,14,17-18,22H,3-6,13,15-16,30H2,1-2H3. The molecule has 8 nitrogen and oxygen atoms in total. The first-order valence-electron chi connectivity index (χ1n) is 12.7. The zero-order valence-electron chi connectivity index (χ0n) is 21.2. The van der Waals surface area contributed by atoms with Crippen LogP contribution in [0.5, 0.6) is 11.5 Å². The molecule has 0 radical (unpaired) electrons. The Labute approximate surface area is 216 Å². The van der Waals surface area contributed by atoms with Crippen molar-refractivity contribution in [2.75, 3.05) is 12.8 Å². The van der Waals surface area contributed by atoms with Crippen LogP contribution in [0.2, 0.25) is 0 Å². The molecule has 2 aromatic carbocycles. The van der Waals surface area contributed by atoms with Crippen molar-refractivity contribution in [2.24, 2.45) is 0 Å². The Bertz CT molecular complexity index is 1300. The number of hydrogen-bond donors (Lipinski definition) is 1. The summed E-state index contributed by atoms with van der Waals surface area (Å²) in [5.74, 6) is 2.86. The van der Waals surface area contributed by atoms with Crippen LogP contribution in [0.4, 0.5) is 10.2 Å². The molecular formula is C28H32FN5O3. The van der Waals surface area contributed by atoms with Crippen LogP contribution in [0.3, 0.4) is 0 Å². The van der Waals surface area contributed by atoms with Crippen molar-refractivity contribution in [1.82, 2.24) is 19.5 Å². The SMILES string of the molecule is COc1ccc(Cn2cnc(N)c3nc(CC(C)OCc4ccc(F)cc4)nc2-3)cc1OC1CCCC1. The average molecular weight is 506 g/mol. The van der Waals surface area contributed by atoms with E-state index in [-0.39, 0.29) is 18.0 Å². The van der Waals surface area contributed by atoms with Gasteiger partial charge in [0.05, 0.1) is 38.8 Å². The summed E-state index contributed by atoms with van der Waals surface area (Å²) < 4.78 is 32.8. The van der Waals surface area contributed by atoms with E-state index in [0.717, 1.165) is 35.5 Å². The normalized spacial score (nSPS) is 14.8. The highest BCUT2D eigenvalue weighted by molar-refractivity contribution is 5.65. The molecule has 2 heterocycles. The first-order valence-corrected chi connectivity index (χ1v) is 12.7. The number of halogens is 1. The second-order valence-corrected chi connectivity index (χ2v) is 9.53. The van der Waals surface area contributed by atoms with Crippen molar-refractivity contribution in [3.05, 3.63) is 71.6 Å². The van der Waals surface area contributed by atoms with Gasteiger partial charge in [-0.1, -0.05) is 18.2 Å². The minimum atomic E-state index is -0.264. The lowest BCUT2D eigenvalue weighted by Crippen LogP contribution is -2.13. The first-order chi connectivity index (χ1) is 18.0. The van der Waals surface area contributed by atoms with E-state index in [1.54, 1.807) is 25.6 Å². The molecule has 1 fully saturated rings. The number of ether oxygens (including phenoxy) is 3. The van der Waals surface area contributed by atoms with Gasteiger partial charge in [0, 0.05) is 6.42 Å². The number of nitrogens with zero attached hydrogens (tertiary/aromatic N) is 4.